The van der Waals surface area contributed by atoms with E-state index in [-0.39, 0.29) is 24.1 Å². The molecular weight excluding hydrogens is 500 g/mol. The van der Waals surface area contributed by atoms with E-state index in [1.165, 1.54) is 11.3 Å². The highest BCUT2D eigenvalue weighted by molar-refractivity contribution is 7.15. The second kappa shape index (κ2) is 14.5. The van der Waals surface area contributed by atoms with Crippen LogP contribution in [0.3, 0.4) is 0 Å². The van der Waals surface area contributed by atoms with Crippen molar-refractivity contribution in [2.24, 2.45) is 11.5 Å². The number of nitrogens with one attached hydrogen (secondary N) is 3. The van der Waals surface area contributed by atoms with Crippen LogP contribution in [0.25, 0.3) is 0 Å². The van der Waals surface area contributed by atoms with Crippen LogP contribution in [0.5, 0.6) is 0 Å². The van der Waals surface area contributed by atoms with Crippen molar-refractivity contribution in [3.05, 3.63) is 81.8 Å². The number of nitrogens with zero attached hydrogens (tertiary/aromatic N) is 2. The second-order valence-corrected chi connectivity index (χ2v) is 9.94. The predicted octanol–water partition coefficient (Wildman–Crippen LogP) is 3.44. The van der Waals surface area contributed by atoms with Crippen LogP contribution in [0, 0.1) is 5.41 Å². The highest BCUT2D eigenvalue weighted by Crippen LogP contribution is 2.20. The smallest absolute Gasteiger partial charge is 0.230 e. The Hall–Kier alpha value is -4.25. The molecule has 0 unspecified atom stereocenters. The van der Waals surface area contributed by atoms with Crippen LogP contribution in [-0.2, 0) is 22.4 Å². The lowest BCUT2D eigenvalue weighted by atomic mass is 10.0. The number of allylic oxidation sites excluding steroid dienone is 6. The largest absolute Gasteiger partial charge is 0.402 e. The van der Waals surface area contributed by atoms with Gasteiger partial charge >= 0.3 is 0 Å². The fourth-order valence-corrected chi connectivity index (χ4v) is 4.64. The van der Waals surface area contributed by atoms with E-state index in [1.54, 1.807) is 30.4 Å². The first-order valence-electron chi connectivity index (χ1n) is 12.4. The van der Waals surface area contributed by atoms with E-state index in [9.17, 15) is 9.59 Å². The molecule has 2 aromatic rings. The van der Waals surface area contributed by atoms with Gasteiger partial charge in [-0.3, -0.25) is 9.59 Å². The number of hydrogen-bond acceptors (Lipinski definition) is 9. The van der Waals surface area contributed by atoms with E-state index in [0.29, 0.717) is 46.9 Å². The lowest BCUT2D eigenvalue weighted by Crippen LogP contribution is -2.27. The third-order valence-corrected chi connectivity index (χ3v) is 6.69. The minimum Gasteiger partial charge on any atom is -0.402 e. The van der Waals surface area contributed by atoms with Crippen LogP contribution < -0.4 is 27.8 Å². The van der Waals surface area contributed by atoms with Crippen molar-refractivity contribution in [3.8, 4) is 0 Å². The lowest BCUT2D eigenvalue weighted by Gasteiger charge is -2.09. The number of unbranched alkanes of at least 4 members (excludes halogenated alkanes) is 1. The standard InChI is InChI=1S/C27H34N8O2S/c28-17-21-19(9-6-11-22(21)30)16-25(37)33-27-35-34-26(38-27)12-5-4-10-20(29)13-14-23(31)32-24(36)15-18-7-2-1-3-8-18/h1-2,6-7,9,11,13-14,17,28H,3-5,8,10,12,15-16,29-31H2,(H,32,36)(H,33,35,37)/b20-13-,23-14+,28-17?. The van der Waals surface area contributed by atoms with E-state index < -0.39 is 0 Å². The molecule has 1 aliphatic rings. The fraction of sp³-hybridized carbons (Fsp3) is 0.296. The normalized spacial score (nSPS) is 13.6. The summed E-state index contributed by atoms with van der Waals surface area (Å²) in [6.45, 7) is 0. The second-order valence-electron chi connectivity index (χ2n) is 8.88. The Bertz CT molecular complexity index is 1280. The van der Waals surface area contributed by atoms with Crippen molar-refractivity contribution in [3.63, 3.8) is 0 Å². The van der Waals surface area contributed by atoms with Crippen molar-refractivity contribution in [1.29, 1.82) is 5.41 Å². The molecular formula is C27H34N8O2S. The molecule has 1 heterocycles. The summed E-state index contributed by atoms with van der Waals surface area (Å²) in [5, 5.41) is 22.4. The Balaban J connectivity index is 1.36. The van der Waals surface area contributed by atoms with Crippen LogP contribution in [0.2, 0.25) is 0 Å². The van der Waals surface area contributed by atoms with Gasteiger partial charge in [-0.2, -0.15) is 0 Å². The van der Waals surface area contributed by atoms with E-state index in [1.807, 2.05) is 12.2 Å². The van der Waals surface area contributed by atoms with Crippen molar-refractivity contribution in [2.45, 2.75) is 51.4 Å². The molecule has 0 fully saturated rings. The molecule has 10 nitrogen and oxygen atoms in total. The number of aromatic nitrogens is 2. The number of nitrogen functional groups attached to an aromatic ring is 1. The number of carbonyl (C=O) groups excluding carboxylic acids is 2. The third kappa shape index (κ3) is 9.32. The minimum absolute atomic E-state index is 0.0919. The number of aryl methyl sites for hydroxylation is 1. The molecule has 9 N–H and O–H groups in total. The first kappa shape index (κ1) is 28.3. The third-order valence-electron chi connectivity index (χ3n) is 5.79. The van der Waals surface area contributed by atoms with Gasteiger partial charge < -0.3 is 33.2 Å². The molecule has 38 heavy (non-hydrogen) atoms. The molecule has 1 aromatic heterocycles. The Kier molecular flexibility index (Phi) is 10.8. The maximum Gasteiger partial charge on any atom is 0.230 e. The van der Waals surface area contributed by atoms with Gasteiger partial charge in [-0.1, -0.05) is 47.3 Å². The molecule has 2 amide bonds. The van der Waals surface area contributed by atoms with E-state index >= 15 is 0 Å². The summed E-state index contributed by atoms with van der Waals surface area (Å²) in [6, 6.07) is 5.23. The van der Waals surface area contributed by atoms with E-state index in [0.717, 1.165) is 42.5 Å². The summed E-state index contributed by atoms with van der Waals surface area (Å²) >= 11 is 1.33. The number of rotatable bonds is 13. The highest BCUT2D eigenvalue weighted by Gasteiger charge is 2.12. The number of hydrogen-bond donors (Lipinski definition) is 6. The Morgan fingerprint density at radius 2 is 1.95 bits per heavy atom. The number of benzene rings is 1. The molecule has 0 bridgehead atoms. The van der Waals surface area contributed by atoms with Crippen molar-refractivity contribution < 1.29 is 9.59 Å². The summed E-state index contributed by atoms with van der Waals surface area (Å²) < 4.78 is 0. The monoisotopic (exact) mass is 534 g/mol. The predicted molar refractivity (Wildman–Crippen MR) is 152 cm³/mol. The molecule has 0 saturated heterocycles. The zero-order chi connectivity index (χ0) is 27.3. The Morgan fingerprint density at radius 3 is 2.71 bits per heavy atom. The summed E-state index contributed by atoms with van der Waals surface area (Å²) in [4.78, 5) is 24.5. The molecule has 0 spiro atoms. The van der Waals surface area contributed by atoms with Gasteiger partial charge in [0.15, 0.2) is 0 Å². The summed E-state index contributed by atoms with van der Waals surface area (Å²) in [5.41, 5.74) is 21.3. The number of carbonyl (C=O) groups is 2. The lowest BCUT2D eigenvalue weighted by molar-refractivity contribution is -0.119. The van der Waals surface area contributed by atoms with Gasteiger partial charge in [0.2, 0.25) is 16.9 Å². The average molecular weight is 535 g/mol. The number of anilines is 2. The van der Waals surface area contributed by atoms with Crippen LogP contribution in [0.15, 0.2) is 65.7 Å². The molecule has 200 valence electrons. The molecule has 3 rings (SSSR count). The van der Waals surface area contributed by atoms with Crippen molar-refractivity contribution in [1.82, 2.24) is 15.5 Å². The average Bonchev–Trinajstić information content (AvgIpc) is 3.33. The van der Waals surface area contributed by atoms with Crippen molar-refractivity contribution >= 4 is 40.2 Å². The molecule has 1 aromatic carbocycles. The number of amides is 2. The first-order valence-corrected chi connectivity index (χ1v) is 13.2. The summed E-state index contributed by atoms with van der Waals surface area (Å²) in [7, 11) is 0. The van der Waals surface area contributed by atoms with Crippen LogP contribution in [0.1, 0.15) is 54.7 Å². The van der Waals surface area contributed by atoms with Gasteiger partial charge in [-0.05, 0) is 55.9 Å². The SMILES string of the molecule is N=Cc1c(N)cccc1CC(=O)Nc1nnc(CCCC/C(N)=C/C=C(\N)NC(=O)CC2=CC=CCC2)s1. The Labute approximate surface area is 226 Å². The van der Waals surface area contributed by atoms with Gasteiger partial charge in [0.05, 0.1) is 6.42 Å². The molecule has 0 saturated carbocycles. The molecule has 0 atom stereocenters. The number of nitrogens with two attached hydrogens (primary N) is 3. The highest BCUT2D eigenvalue weighted by atomic mass is 32.1. The van der Waals surface area contributed by atoms with Crippen LogP contribution in [0.4, 0.5) is 10.8 Å². The maximum absolute atomic E-state index is 12.4. The van der Waals surface area contributed by atoms with Crippen LogP contribution >= 0.6 is 11.3 Å². The molecule has 0 aliphatic heterocycles. The van der Waals surface area contributed by atoms with Gasteiger partial charge in [-0.15, -0.1) is 10.2 Å². The van der Waals surface area contributed by atoms with Gasteiger partial charge in [-0.25, -0.2) is 0 Å². The quantitative estimate of drug-likeness (QED) is 0.0982. The molecule has 11 heteroatoms. The van der Waals surface area contributed by atoms with Crippen LogP contribution in [-0.4, -0.2) is 28.2 Å². The zero-order valence-corrected chi connectivity index (χ0v) is 22.0. The van der Waals surface area contributed by atoms with Gasteiger partial charge in [0.1, 0.15) is 10.8 Å². The summed E-state index contributed by atoms with van der Waals surface area (Å²) in [5.74, 6) is -0.120. The minimum atomic E-state index is -0.244. The zero-order valence-electron chi connectivity index (χ0n) is 21.2. The fourth-order valence-electron chi connectivity index (χ4n) is 3.84. The maximum atomic E-state index is 12.4. The molecule has 1 aliphatic carbocycles. The van der Waals surface area contributed by atoms with Gasteiger partial charge in [0, 0.05) is 36.0 Å². The topological polar surface area (TPSA) is 186 Å². The first-order chi connectivity index (χ1) is 18.3. The van der Waals surface area contributed by atoms with E-state index in [4.69, 9.17) is 22.6 Å². The molecule has 0 radical (unpaired) electrons. The summed E-state index contributed by atoms with van der Waals surface area (Å²) in [6.07, 6.45) is 15.8. The van der Waals surface area contributed by atoms with E-state index in [2.05, 4.69) is 26.9 Å². The van der Waals surface area contributed by atoms with Gasteiger partial charge in [0.25, 0.3) is 0 Å². The Morgan fingerprint density at radius 1 is 1.11 bits per heavy atom. The van der Waals surface area contributed by atoms with Crippen molar-refractivity contribution in [2.75, 3.05) is 11.1 Å².